The highest BCUT2D eigenvalue weighted by Crippen LogP contribution is 2.37. The van der Waals surface area contributed by atoms with Crippen LogP contribution in [0.25, 0.3) is 0 Å². The number of hydrogen-bond donors (Lipinski definition) is 1. The second-order valence-electron chi connectivity index (χ2n) is 5.08. The van der Waals surface area contributed by atoms with E-state index < -0.39 is 0 Å². The first-order chi connectivity index (χ1) is 7.31. The van der Waals surface area contributed by atoms with Gasteiger partial charge in [-0.2, -0.15) is 0 Å². The van der Waals surface area contributed by atoms with Gasteiger partial charge in [-0.3, -0.25) is 0 Å². The molecule has 0 aromatic rings. The smallest absolute Gasteiger partial charge is 0.0583 e. The SMILES string of the molecule is OC1CCC2CN(CCCCCCl)CC12. The molecule has 2 fully saturated rings. The molecule has 0 bridgehead atoms. The van der Waals surface area contributed by atoms with E-state index in [1.807, 2.05) is 0 Å². The number of aliphatic hydroxyl groups is 1. The summed E-state index contributed by atoms with van der Waals surface area (Å²) in [6.07, 6.45) is 5.92. The minimum Gasteiger partial charge on any atom is -0.393 e. The Kier molecular flexibility index (Phi) is 4.30. The molecule has 2 aliphatic rings. The van der Waals surface area contributed by atoms with E-state index >= 15 is 0 Å². The molecule has 1 aliphatic carbocycles. The van der Waals surface area contributed by atoms with Crippen molar-refractivity contribution in [2.45, 2.75) is 38.2 Å². The van der Waals surface area contributed by atoms with Crippen molar-refractivity contribution in [2.75, 3.05) is 25.5 Å². The molecule has 1 aliphatic heterocycles. The van der Waals surface area contributed by atoms with Crippen LogP contribution in [-0.4, -0.2) is 41.6 Å². The molecule has 88 valence electrons. The predicted octanol–water partition coefficient (Wildman–Crippen LogP) is 2.10. The van der Waals surface area contributed by atoms with Crippen LogP contribution in [0.3, 0.4) is 0 Å². The normalized spacial score (nSPS) is 36.0. The van der Waals surface area contributed by atoms with E-state index in [4.69, 9.17) is 11.6 Å². The third-order valence-corrected chi connectivity index (χ3v) is 4.27. The Morgan fingerprint density at radius 2 is 2.00 bits per heavy atom. The van der Waals surface area contributed by atoms with Gasteiger partial charge in [0, 0.05) is 24.9 Å². The van der Waals surface area contributed by atoms with Crippen LogP contribution < -0.4 is 0 Å². The molecule has 15 heavy (non-hydrogen) atoms. The lowest BCUT2D eigenvalue weighted by Gasteiger charge is -2.17. The average molecular weight is 232 g/mol. The second kappa shape index (κ2) is 5.51. The zero-order chi connectivity index (χ0) is 10.7. The molecule has 2 rings (SSSR count). The molecule has 1 saturated heterocycles. The van der Waals surface area contributed by atoms with Gasteiger partial charge in [-0.05, 0) is 38.1 Å². The summed E-state index contributed by atoms with van der Waals surface area (Å²) in [7, 11) is 0. The van der Waals surface area contributed by atoms with Crippen molar-refractivity contribution in [1.29, 1.82) is 0 Å². The Labute approximate surface area is 97.6 Å². The van der Waals surface area contributed by atoms with Crippen molar-refractivity contribution in [3.8, 4) is 0 Å². The summed E-state index contributed by atoms with van der Waals surface area (Å²) in [6.45, 7) is 3.56. The summed E-state index contributed by atoms with van der Waals surface area (Å²) in [5, 5.41) is 9.78. The van der Waals surface area contributed by atoms with Gasteiger partial charge in [0.05, 0.1) is 6.10 Å². The van der Waals surface area contributed by atoms with Crippen molar-refractivity contribution in [3.05, 3.63) is 0 Å². The maximum Gasteiger partial charge on any atom is 0.0583 e. The van der Waals surface area contributed by atoms with Crippen LogP contribution in [0.4, 0.5) is 0 Å². The predicted molar refractivity (Wildman–Crippen MR) is 63.2 cm³/mol. The number of halogens is 1. The van der Waals surface area contributed by atoms with E-state index in [0.29, 0.717) is 5.92 Å². The summed E-state index contributed by atoms with van der Waals surface area (Å²) < 4.78 is 0. The lowest BCUT2D eigenvalue weighted by molar-refractivity contribution is 0.124. The molecule has 1 saturated carbocycles. The summed E-state index contributed by atoms with van der Waals surface area (Å²) in [6, 6.07) is 0. The van der Waals surface area contributed by atoms with Crippen LogP contribution in [0.1, 0.15) is 32.1 Å². The molecule has 0 radical (unpaired) electrons. The van der Waals surface area contributed by atoms with Crippen LogP contribution >= 0.6 is 11.6 Å². The molecule has 0 spiro atoms. The fourth-order valence-corrected chi connectivity index (χ4v) is 3.31. The first-order valence-corrected chi connectivity index (χ1v) is 6.81. The molecule has 1 heterocycles. The van der Waals surface area contributed by atoms with Crippen LogP contribution in [0, 0.1) is 11.8 Å². The Hall–Kier alpha value is 0.210. The zero-order valence-corrected chi connectivity index (χ0v) is 10.1. The monoisotopic (exact) mass is 231 g/mol. The van der Waals surface area contributed by atoms with Gasteiger partial charge in [0.25, 0.3) is 0 Å². The van der Waals surface area contributed by atoms with E-state index in [1.54, 1.807) is 0 Å². The second-order valence-corrected chi connectivity index (χ2v) is 5.46. The topological polar surface area (TPSA) is 23.5 Å². The molecule has 2 nitrogen and oxygen atoms in total. The summed E-state index contributed by atoms with van der Waals surface area (Å²) in [5.74, 6) is 2.16. The number of aliphatic hydroxyl groups excluding tert-OH is 1. The first-order valence-electron chi connectivity index (χ1n) is 6.27. The number of unbranched alkanes of at least 4 members (excludes halogenated alkanes) is 2. The Balaban J connectivity index is 1.65. The van der Waals surface area contributed by atoms with Crippen LogP contribution in [0.15, 0.2) is 0 Å². The van der Waals surface area contributed by atoms with E-state index in [0.717, 1.165) is 31.2 Å². The summed E-state index contributed by atoms with van der Waals surface area (Å²) >= 11 is 5.65. The van der Waals surface area contributed by atoms with Gasteiger partial charge in [0.1, 0.15) is 0 Å². The first kappa shape index (κ1) is 11.7. The Bertz CT molecular complexity index is 200. The number of nitrogens with zero attached hydrogens (tertiary/aromatic N) is 1. The number of likely N-dealkylation sites (tertiary alicyclic amines) is 1. The van der Waals surface area contributed by atoms with Crippen LogP contribution in [0.2, 0.25) is 0 Å². The number of hydrogen-bond acceptors (Lipinski definition) is 2. The van der Waals surface area contributed by atoms with Crippen molar-refractivity contribution >= 4 is 11.6 Å². The fraction of sp³-hybridized carbons (Fsp3) is 1.00. The largest absolute Gasteiger partial charge is 0.393 e. The lowest BCUT2D eigenvalue weighted by atomic mass is 10.00. The van der Waals surface area contributed by atoms with Crippen molar-refractivity contribution in [3.63, 3.8) is 0 Å². The van der Waals surface area contributed by atoms with Crippen molar-refractivity contribution in [1.82, 2.24) is 4.90 Å². The Morgan fingerprint density at radius 1 is 1.13 bits per heavy atom. The van der Waals surface area contributed by atoms with Gasteiger partial charge in [0.2, 0.25) is 0 Å². The molecule has 0 aromatic heterocycles. The zero-order valence-electron chi connectivity index (χ0n) is 9.37. The lowest BCUT2D eigenvalue weighted by Crippen LogP contribution is -2.25. The molecule has 3 heteroatoms. The molecule has 0 amide bonds. The summed E-state index contributed by atoms with van der Waals surface area (Å²) in [5.41, 5.74) is 0. The van der Waals surface area contributed by atoms with Gasteiger partial charge >= 0.3 is 0 Å². The van der Waals surface area contributed by atoms with E-state index in [1.165, 1.54) is 32.4 Å². The molecule has 1 N–H and O–H groups in total. The Morgan fingerprint density at radius 3 is 2.73 bits per heavy atom. The standard InChI is InChI=1S/C12H22ClNO/c13-6-2-1-3-7-14-8-10-4-5-12(15)11(10)9-14/h10-12,15H,1-9H2. The highest BCUT2D eigenvalue weighted by Gasteiger charge is 2.41. The van der Waals surface area contributed by atoms with Gasteiger partial charge in [-0.25, -0.2) is 0 Å². The van der Waals surface area contributed by atoms with Gasteiger partial charge in [-0.15, -0.1) is 11.6 Å². The number of alkyl halides is 1. The van der Waals surface area contributed by atoms with Crippen LogP contribution in [0.5, 0.6) is 0 Å². The third kappa shape index (κ3) is 2.86. The van der Waals surface area contributed by atoms with Crippen molar-refractivity contribution < 1.29 is 5.11 Å². The highest BCUT2D eigenvalue weighted by atomic mass is 35.5. The molecule has 3 atom stereocenters. The maximum atomic E-state index is 9.78. The minimum absolute atomic E-state index is 0.0113. The molecule has 3 unspecified atom stereocenters. The maximum absolute atomic E-state index is 9.78. The van der Waals surface area contributed by atoms with E-state index in [2.05, 4.69) is 4.90 Å². The van der Waals surface area contributed by atoms with Gasteiger partial charge in [0.15, 0.2) is 0 Å². The molecule has 0 aromatic carbocycles. The highest BCUT2D eigenvalue weighted by molar-refractivity contribution is 6.17. The molecular formula is C12H22ClNO. The van der Waals surface area contributed by atoms with Crippen LogP contribution in [-0.2, 0) is 0 Å². The fourth-order valence-electron chi connectivity index (χ4n) is 3.12. The van der Waals surface area contributed by atoms with Crippen molar-refractivity contribution in [2.24, 2.45) is 11.8 Å². The van der Waals surface area contributed by atoms with Gasteiger partial charge < -0.3 is 10.0 Å². The molecular weight excluding hydrogens is 210 g/mol. The quantitative estimate of drug-likeness (QED) is 0.579. The number of fused-ring (bicyclic) bond motifs is 1. The average Bonchev–Trinajstić information content (AvgIpc) is 2.76. The summed E-state index contributed by atoms with van der Waals surface area (Å²) in [4.78, 5) is 2.53. The number of rotatable bonds is 5. The van der Waals surface area contributed by atoms with E-state index in [-0.39, 0.29) is 6.10 Å². The van der Waals surface area contributed by atoms with E-state index in [9.17, 15) is 5.11 Å². The minimum atomic E-state index is -0.0113. The third-order valence-electron chi connectivity index (χ3n) is 4.00. The van der Waals surface area contributed by atoms with Gasteiger partial charge in [-0.1, -0.05) is 6.42 Å².